The number of aromatic nitrogens is 1. The third kappa shape index (κ3) is 3.23. The van der Waals surface area contributed by atoms with E-state index in [2.05, 4.69) is 29.4 Å². The van der Waals surface area contributed by atoms with Crippen LogP contribution in [0.3, 0.4) is 0 Å². The molecule has 0 unspecified atom stereocenters. The molecule has 0 atom stereocenters. The van der Waals surface area contributed by atoms with Crippen molar-refractivity contribution in [1.29, 1.82) is 0 Å². The Balaban J connectivity index is 1.19. The van der Waals surface area contributed by atoms with Crippen molar-refractivity contribution < 1.29 is 9.21 Å². The summed E-state index contributed by atoms with van der Waals surface area (Å²) in [4.78, 5) is 17.6. The van der Waals surface area contributed by atoms with Gasteiger partial charge in [0.1, 0.15) is 5.52 Å². The fraction of sp³-hybridized carbons (Fsp3) is 0.462. The van der Waals surface area contributed by atoms with E-state index in [4.69, 9.17) is 4.42 Å². The van der Waals surface area contributed by atoms with E-state index in [0.717, 1.165) is 40.1 Å². The molecule has 4 aliphatic carbocycles. The molecule has 0 radical (unpaired) electrons. The van der Waals surface area contributed by atoms with Crippen molar-refractivity contribution in [3.8, 4) is 11.5 Å². The molecule has 30 heavy (non-hydrogen) atoms. The van der Waals surface area contributed by atoms with Gasteiger partial charge in [0.2, 0.25) is 11.8 Å². The predicted molar refractivity (Wildman–Crippen MR) is 118 cm³/mol. The monoisotopic (exact) mass is 400 g/mol. The van der Waals surface area contributed by atoms with Gasteiger partial charge in [0, 0.05) is 17.7 Å². The Hall–Kier alpha value is -2.62. The number of anilines is 1. The number of oxazole rings is 1. The number of fused-ring (bicyclic) bond motifs is 1. The summed E-state index contributed by atoms with van der Waals surface area (Å²) in [6.07, 6.45) is 8.67. The second kappa shape index (κ2) is 6.69. The average Bonchev–Trinajstić information content (AvgIpc) is 3.10. The zero-order chi connectivity index (χ0) is 20.3. The Kier molecular flexibility index (Phi) is 4.06. The fourth-order valence-corrected chi connectivity index (χ4v) is 6.88. The molecule has 2 aromatic carbocycles. The van der Waals surface area contributed by atoms with Crippen LogP contribution in [0, 0.1) is 30.1 Å². The maximum Gasteiger partial charge on any atom is 0.227 e. The van der Waals surface area contributed by atoms with Crippen LogP contribution in [0.4, 0.5) is 5.69 Å². The SMILES string of the molecule is Cc1ccc(-c2nc3cc(NC(=O)CC45CC6CC(CC(C6)C4)C5)ccc3o2)cc1. The Bertz CT molecular complexity index is 1080. The summed E-state index contributed by atoms with van der Waals surface area (Å²) in [5, 5.41) is 3.14. The molecule has 0 aliphatic heterocycles. The van der Waals surface area contributed by atoms with Crippen LogP contribution < -0.4 is 5.32 Å². The molecule has 1 amide bonds. The second-order valence-corrected chi connectivity index (χ2v) is 10.2. The van der Waals surface area contributed by atoms with Gasteiger partial charge in [-0.15, -0.1) is 0 Å². The third-order valence-corrected chi connectivity index (χ3v) is 7.67. The van der Waals surface area contributed by atoms with E-state index in [9.17, 15) is 4.79 Å². The van der Waals surface area contributed by atoms with Crippen LogP contribution in [0.1, 0.15) is 50.5 Å². The largest absolute Gasteiger partial charge is 0.436 e. The first-order chi connectivity index (χ1) is 14.5. The number of nitrogens with zero attached hydrogens (tertiary/aromatic N) is 1. The highest BCUT2D eigenvalue weighted by molar-refractivity contribution is 5.93. The molecule has 4 bridgehead atoms. The molecule has 4 nitrogen and oxygen atoms in total. The van der Waals surface area contributed by atoms with E-state index in [0.29, 0.717) is 12.3 Å². The van der Waals surface area contributed by atoms with Crippen LogP contribution in [0.25, 0.3) is 22.6 Å². The zero-order valence-corrected chi connectivity index (χ0v) is 17.5. The molecule has 0 spiro atoms. The lowest BCUT2D eigenvalue weighted by molar-refractivity contribution is -0.124. The standard InChI is InChI=1S/C26H28N2O2/c1-16-2-4-20(5-3-16)25-28-22-11-21(6-7-23(22)30-25)27-24(29)15-26-12-17-8-18(13-26)10-19(9-17)14-26/h2-7,11,17-19H,8-10,12-15H2,1H3,(H,27,29). The third-order valence-electron chi connectivity index (χ3n) is 7.67. The first-order valence-electron chi connectivity index (χ1n) is 11.3. The number of hydrogen-bond acceptors (Lipinski definition) is 3. The Morgan fingerprint density at radius 1 is 1.03 bits per heavy atom. The van der Waals surface area contributed by atoms with Gasteiger partial charge in [-0.25, -0.2) is 4.98 Å². The molecule has 1 heterocycles. The lowest BCUT2D eigenvalue weighted by atomic mass is 9.49. The first kappa shape index (κ1) is 18.2. The molecule has 1 N–H and O–H groups in total. The summed E-state index contributed by atoms with van der Waals surface area (Å²) >= 11 is 0. The van der Waals surface area contributed by atoms with Crippen molar-refractivity contribution in [2.45, 2.75) is 51.9 Å². The summed E-state index contributed by atoms with van der Waals surface area (Å²) < 4.78 is 5.92. The predicted octanol–water partition coefficient (Wildman–Crippen LogP) is 6.35. The van der Waals surface area contributed by atoms with Crippen LogP contribution in [0.2, 0.25) is 0 Å². The van der Waals surface area contributed by atoms with Crippen LogP contribution in [-0.4, -0.2) is 10.9 Å². The van der Waals surface area contributed by atoms with Crippen molar-refractivity contribution >= 4 is 22.7 Å². The minimum atomic E-state index is 0.151. The molecule has 0 saturated heterocycles. The normalized spacial score (nSPS) is 29.4. The summed E-state index contributed by atoms with van der Waals surface area (Å²) in [5.74, 6) is 3.38. The van der Waals surface area contributed by atoms with E-state index in [-0.39, 0.29) is 11.3 Å². The summed E-state index contributed by atoms with van der Waals surface area (Å²) in [6.45, 7) is 2.06. The van der Waals surface area contributed by atoms with E-state index < -0.39 is 0 Å². The van der Waals surface area contributed by atoms with Gasteiger partial charge in [0.15, 0.2) is 5.58 Å². The van der Waals surface area contributed by atoms with Crippen LogP contribution in [0.15, 0.2) is 46.9 Å². The topological polar surface area (TPSA) is 55.1 Å². The maximum absolute atomic E-state index is 12.9. The number of amides is 1. The molecule has 3 aromatic rings. The van der Waals surface area contributed by atoms with Crippen molar-refractivity contribution in [2.24, 2.45) is 23.2 Å². The van der Waals surface area contributed by atoms with Crippen molar-refractivity contribution in [3.05, 3.63) is 48.0 Å². The summed E-state index contributed by atoms with van der Waals surface area (Å²) in [7, 11) is 0. The minimum Gasteiger partial charge on any atom is -0.436 e. The molecule has 4 saturated carbocycles. The van der Waals surface area contributed by atoms with Crippen molar-refractivity contribution in [3.63, 3.8) is 0 Å². The van der Waals surface area contributed by atoms with Gasteiger partial charge in [-0.2, -0.15) is 0 Å². The van der Waals surface area contributed by atoms with Gasteiger partial charge in [-0.3, -0.25) is 4.79 Å². The van der Waals surface area contributed by atoms with Gasteiger partial charge >= 0.3 is 0 Å². The number of nitrogens with one attached hydrogen (secondary N) is 1. The van der Waals surface area contributed by atoms with E-state index in [1.165, 1.54) is 44.1 Å². The van der Waals surface area contributed by atoms with Gasteiger partial charge in [-0.05, 0) is 98.9 Å². The van der Waals surface area contributed by atoms with Gasteiger partial charge in [0.05, 0.1) is 0 Å². The number of aryl methyl sites for hydroxylation is 1. The molecular formula is C26H28N2O2. The zero-order valence-electron chi connectivity index (χ0n) is 17.5. The van der Waals surface area contributed by atoms with E-state index in [1.807, 2.05) is 30.3 Å². The first-order valence-corrected chi connectivity index (χ1v) is 11.3. The van der Waals surface area contributed by atoms with Crippen molar-refractivity contribution in [2.75, 3.05) is 5.32 Å². The van der Waals surface area contributed by atoms with E-state index in [1.54, 1.807) is 0 Å². The molecule has 7 rings (SSSR count). The molecule has 4 heteroatoms. The highest BCUT2D eigenvalue weighted by atomic mass is 16.3. The quantitative estimate of drug-likeness (QED) is 0.555. The number of carbonyl (C=O) groups is 1. The Labute approximate surface area is 177 Å². The lowest BCUT2D eigenvalue weighted by Crippen LogP contribution is -2.47. The molecule has 154 valence electrons. The summed E-state index contributed by atoms with van der Waals surface area (Å²) in [5.41, 5.74) is 4.75. The van der Waals surface area contributed by atoms with E-state index >= 15 is 0 Å². The number of carbonyl (C=O) groups excluding carboxylic acids is 1. The Morgan fingerprint density at radius 2 is 1.70 bits per heavy atom. The fourth-order valence-electron chi connectivity index (χ4n) is 6.88. The smallest absolute Gasteiger partial charge is 0.227 e. The molecular weight excluding hydrogens is 372 g/mol. The number of benzene rings is 2. The van der Waals surface area contributed by atoms with Crippen LogP contribution >= 0.6 is 0 Å². The second-order valence-electron chi connectivity index (χ2n) is 10.2. The Morgan fingerprint density at radius 3 is 2.37 bits per heavy atom. The van der Waals surface area contributed by atoms with Gasteiger partial charge < -0.3 is 9.73 Å². The van der Waals surface area contributed by atoms with Gasteiger partial charge in [0.25, 0.3) is 0 Å². The molecule has 4 fully saturated rings. The minimum absolute atomic E-state index is 0.151. The maximum atomic E-state index is 12.9. The highest BCUT2D eigenvalue weighted by Gasteiger charge is 2.51. The highest BCUT2D eigenvalue weighted by Crippen LogP contribution is 2.61. The van der Waals surface area contributed by atoms with Crippen LogP contribution in [-0.2, 0) is 4.79 Å². The summed E-state index contributed by atoms with van der Waals surface area (Å²) in [6, 6.07) is 13.9. The number of rotatable bonds is 4. The molecule has 1 aromatic heterocycles. The lowest BCUT2D eigenvalue weighted by Gasteiger charge is -2.56. The number of hydrogen-bond donors (Lipinski definition) is 1. The van der Waals surface area contributed by atoms with Gasteiger partial charge in [-0.1, -0.05) is 17.7 Å². The van der Waals surface area contributed by atoms with Crippen molar-refractivity contribution in [1.82, 2.24) is 4.98 Å². The average molecular weight is 401 g/mol. The van der Waals surface area contributed by atoms with Crippen LogP contribution in [0.5, 0.6) is 0 Å². The molecule has 4 aliphatic rings.